The summed E-state index contributed by atoms with van der Waals surface area (Å²) in [6, 6.07) is 6.91. The van der Waals surface area contributed by atoms with E-state index in [1.807, 2.05) is 24.3 Å². The van der Waals surface area contributed by atoms with Crippen molar-refractivity contribution in [3.8, 4) is 0 Å². The van der Waals surface area contributed by atoms with Crippen molar-refractivity contribution in [1.29, 1.82) is 0 Å². The molecule has 164 valence electrons. The Balaban J connectivity index is 1.69. The van der Waals surface area contributed by atoms with Crippen LogP contribution in [0.1, 0.15) is 76.7 Å². The van der Waals surface area contributed by atoms with E-state index in [0.717, 1.165) is 17.8 Å². The van der Waals surface area contributed by atoms with Gasteiger partial charge in [0, 0.05) is 19.3 Å². The maximum Gasteiger partial charge on any atom is 0.328 e. The molecule has 0 aliphatic carbocycles. The number of hydrogen-bond acceptors (Lipinski definition) is 4. The predicted octanol–water partition coefficient (Wildman–Crippen LogP) is 4.79. The summed E-state index contributed by atoms with van der Waals surface area (Å²) in [5.74, 6) is -1.35. The highest BCUT2D eigenvalue weighted by molar-refractivity contribution is 6.31. The SMILES string of the molecule is CCCCCCCCCCCCN(C)c1ccc(C=C2C(=O)NC(=O)NC2=O)cc1. The zero-order chi connectivity index (χ0) is 21.8. The summed E-state index contributed by atoms with van der Waals surface area (Å²) in [6.07, 6.45) is 14.8. The molecular weight excluding hydrogens is 378 g/mol. The van der Waals surface area contributed by atoms with Gasteiger partial charge in [-0.2, -0.15) is 0 Å². The molecule has 2 N–H and O–H groups in total. The molecule has 0 unspecified atom stereocenters. The van der Waals surface area contributed by atoms with E-state index in [2.05, 4.69) is 29.5 Å². The minimum atomic E-state index is -0.786. The van der Waals surface area contributed by atoms with E-state index in [1.165, 1.54) is 70.3 Å². The Morgan fingerprint density at radius 1 is 0.767 bits per heavy atom. The van der Waals surface area contributed by atoms with E-state index in [-0.39, 0.29) is 5.57 Å². The second kappa shape index (κ2) is 12.8. The van der Waals surface area contributed by atoms with Gasteiger partial charge < -0.3 is 4.90 Å². The van der Waals surface area contributed by atoms with Crippen molar-refractivity contribution < 1.29 is 14.4 Å². The van der Waals surface area contributed by atoms with E-state index in [0.29, 0.717) is 0 Å². The number of barbiturate groups is 1. The molecule has 0 saturated carbocycles. The number of anilines is 1. The van der Waals surface area contributed by atoms with Crippen LogP contribution in [0, 0.1) is 0 Å². The fraction of sp³-hybridized carbons (Fsp3) is 0.542. The van der Waals surface area contributed by atoms with Crippen LogP contribution in [-0.2, 0) is 9.59 Å². The van der Waals surface area contributed by atoms with Crippen LogP contribution in [0.5, 0.6) is 0 Å². The molecule has 1 aromatic rings. The fourth-order valence-corrected chi connectivity index (χ4v) is 3.56. The van der Waals surface area contributed by atoms with Crippen molar-refractivity contribution in [2.24, 2.45) is 0 Å². The molecule has 6 nitrogen and oxygen atoms in total. The molecule has 2 rings (SSSR count). The van der Waals surface area contributed by atoms with E-state index in [1.54, 1.807) is 0 Å². The van der Waals surface area contributed by atoms with Crippen molar-refractivity contribution in [3.05, 3.63) is 35.4 Å². The summed E-state index contributed by atoms with van der Waals surface area (Å²) in [7, 11) is 2.08. The van der Waals surface area contributed by atoms with Gasteiger partial charge in [0.2, 0.25) is 0 Å². The maximum atomic E-state index is 11.8. The highest BCUT2D eigenvalue weighted by atomic mass is 16.2. The molecular formula is C24H35N3O3. The lowest BCUT2D eigenvalue weighted by Gasteiger charge is -2.19. The molecule has 1 heterocycles. The van der Waals surface area contributed by atoms with Crippen molar-refractivity contribution in [2.45, 2.75) is 71.1 Å². The van der Waals surface area contributed by atoms with Crippen LogP contribution < -0.4 is 15.5 Å². The quantitative estimate of drug-likeness (QED) is 0.277. The number of nitrogens with one attached hydrogen (secondary N) is 2. The highest BCUT2D eigenvalue weighted by Gasteiger charge is 2.27. The number of rotatable bonds is 13. The zero-order valence-corrected chi connectivity index (χ0v) is 18.3. The number of nitrogens with zero attached hydrogens (tertiary/aromatic N) is 1. The average Bonchev–Trinajstić information content (AvgIpc) is 2.72. The lowest BCUT2D eigenvalue weighted by Crippen LogP contribution is -2.51. The molecule has 1 aromatic carbocycles. The van der Waals surface area contributed by atoms with Crippen molar-refractivity contribution in [2.75, 3.05) is 18.5 Å². The molecule has 0 bridgehead atoms. The molecule has 6 heteroatoms. The smallest absolute Gasteiger partial charge is 0.328 e. The van der Waals surface area contributed by atoms with Crippen molar-refractivity contribution in [3.63, 3.8) is 0 Å². The van der Waals surface area contributed by atoms with Crippen LogP contribution in [0.3, 0.4) is 0 Å². The van der Waals surface area contributed by atoms with Gasteiger partial charge in [0.05, 0.1) is 0 Å². The number of carbonyl (C=O) groups is 3. The molecule has 1 aliphatic heterocycles. The van der Waals surface area contributed by atoms with E-state index >= 15 is 0 Å². The van der Waals surface area contributed by atoms with E-state index < -0.39 is 17.8 Å². The van der Waals surface area contributed by atoms with Crippen LogP contribution in [0.25, 0.3) is 6.08 Å². The zero-order valence-electron chi connectivity index (χ0n) is 18.3. The summed E-state index contributed by atoms with van der Waals surface area (Å²) in [5.41, 5.74) is 1.77. The van der Waals surface area contributed by atoms with Crippen LogP contribution >= 0.6 is 0 Å². The summed E-state index contributed by atoms with van der Waals surface area (Å²) in [5, 5.41) is 4.15. The number of urea groups is 1. The first kappa shape index (κ1) is 23.6. The Labute approximate surface area is 180 Å². The third kappa shape index (κ3) is 8.01. The van der Waals surface area contributed by atoms with Gasteiger partial charge >= 0.3 is 6.03 Å². The summed E-state index contributed by atoms with van der Waals surface area (Å²) in [6.45, 7) is 3.26. The van der Waals surface area contributed by atoms with Gasteiger partial charge in [-0.1, -0.05) is 76.8 Å². The van der Waals surface area contributed by atoms with Gasteiger partial charge in [0.1, 0.15) is 5.57 Å². The van der Waals surface area contributed by atoms with Gasteiger partial charge in [0.15, 0.2) is 0 Å². The molecule has 0 atom stereocenters. The van der Waals surface area contributed by atoms with Crippen LogP contribution in [0.4, 0.5) is 10.5 Å². The topological polar surface area (TPSA) is 78.5 Å². The Kier molecular flexibility index (Phi) is 10.1. The first-order valence-electron chi connectivity index (χ1n) is 11.2. The minimum absolute atomic E-state index is 0.0685. The monoisotopic (exact) mass is 413 g/mol. The summed E-state index contributed by atoms with van der Waals surface area (Å²) < 4.78 is 0. The normalized spacial score (nSPS) is 13.8. The third-order valence-electron chi connectivity index (χ3n) is 5.44. The van der Waals surface area contributed by atoms with Gasteiger partial charge in [-0.25, -0.2) is 4.79 Å². The first-order valence-corrected chi connectivity index (χ1v) is 11.2. The second-order valence-electron chi connectivity index (χ2n) is 7.99. The number of benzene rings is 1. The second-order valence-corrected chi connectivity index (χ2v) is 7.99. The largest absolute Gasteiger partial charge is 0.375 e. The number of carbonyl (C=O) groups excluding carboxylic acids is 3. The molecule has 1 aliphatic rings. The molecule has 4 amide bonds. The number of imide groups is 2. The van der Waals surface area contributed by atoms with Crippen LogP contribution in [-0.4, -0.2) is 31.4 Å². The number of hydrogen-bond donors (Lipinski definition) is 2. The Hall–Kier alpha value is -2.63. The molecule has 0 radical (unpaired) electrons. The van der Waals surface area contributed by atoms with E-state index in [9.17, 15) is 14.4 Å². The lowest BCUT2D eigenvalue weighted by atomic mass is 10.1. The first-order chi connectivity index (χ1) is 14.5. The van der Waals surface area contributed by atoms with Crippen LogP contribution in [0.2, 0.25) is 0 Å². The summed E-state index contributed by atoms with van der Waals surface area (Å²) in [4.78, 5) is 36.9. The number of unbranched alkanes of at least 4 members (excludes halogenated alkanes) is 9. The lowest BCUT2D eigenvalue weighted by molar-refractivity contribution is -0.123. The van der Waals surface area contributed by atoms with Gasteiger partial charge in [0.25, 0.3) is 11.8 Å². The van der Waals surface area contributed by atoms with Crippen molar-refractivity contribution >= 4 is 29.6 Å². The van der Waals surface area contributed by atoms with Crippen LogP contribution in [0.15, 0.2) is 29.8 Å². The highest BCUT2D eigenvalue weighted by Crippen LogP contribution is 2.18. The third-order valence-corrected chi connectivity index (χ3v) is 5.44. The van der Waals surface area contributed by atoms with Gasteiger partial charge in [-0.05, 0) is 30.2 Å². The Morgan fingerprint density at radius 2 is 1.27 bits per heavy atom. The Bertz CT molecular complexity index is 719. The molecule has 1 saturated heterocycles. The van der Waals surface area contributed by atoms with E-state index in [4.69, 9.17) is 0 Å². The Morgan fingerprint density at radius 3 is 1.80 bits per heavy atom. The minimum Gasteiger partial charge on any atom is -0.375 e. The fourth-order valence-electron chi connectivity index (χ4n) is 3.56. The maximum absolute atomic E-state index is 11.8. The predicted molar refractivity (Wildman–Crippen MR) is 121 cm³/mol. The van der Waals surface area contributed by atoms with Gasteiger partial charge in [-0.3, -0.25) is 20.2 Å². The number of amides is 4. The molecule has 1 fully saturated rings. The van der Waals surface area contributed by atoms with Crippen molar-refractivity contribution in [1.82, 2.24) is 10.6 Å². The van der Waals surface area contributed by atoms with Gasteiger partial charge in [-0.15, -0.1) is 0 Å². The molecule has 30 heavy (non-hydrogen) atoms. The average molecular weight is 414 g/mol. The summed E-state index contributed by atoms with van der Waals surface area (Å²) >= 11 is 0. The standard InChI is InChI=1S/C24H35N3O3/c1-3-4-5-6-7-8-9-10-11-12-17-27(2)20-15-13-19(14-16-20)18-21-22(28)25-24(30)26-23(21)29/h13-16,18H,3-12,17H2,1-2H3,(H2,25,26,28,29,30). The molecule has 0 aromatic heterocycles. The molecule has 0 spiro atoms.